The van der Waals surface area contributed by atoms with Crippen molar-refractivity contribution >= 4 is 44.8 Å². The van der Waals surface area contributed by atoms with Crippen molar-refractivity contribution < 1.29 is 9.59 Å². The molecule has 0 aliphatic carbocycles. The van der Waals surface area contributed by atoms with Gasteiger partial charge in [0.2, 0.25) is 0 Å². The fourth-order valence-corrected chi connectivity index (χ4v) is 2.69. The number of benzene rings is 2. The minimum Gasteiger partial charge on any atom is -0.372 e. The van der Waals surface area contributed by atoms with Gasteiger partial charge in [0.1, 0.15) is 0 Å². The summed E-state index contributed by atoms with van der Waals surface area (Å²) in [6, 6.07) is 14.5. The molecule has 2 aromatic rings. The van der Waals surface area contributed by atoms with Crippen LogP contribution in [0.5, 0.6) is 0 Å². The Kier molecular flexibility index (Phi) is 6.37. The summed E-state index contributed by atoms with van der Waals surface area (Å²) in [5, 5.41) is 5.16. The van der Waals surface area contributed by atoms with Crippen LogP contribution < -0.4 is 15.5 Å². The summed E-state index contributed by atoms with van der Waals surface area (Å²) in [6.45, 7) is 6.01. The highest BCUT2D eigenvalue weighted by Gasteiger charge is 2.14. The highest BCUT2D eigenvalue weighted by Crippen LogP contribution is 2.18. The number of nitrogens with zero attached hydrogens (tertiary/aromatic N) is 1. The third-order valence-corrected chi connectivity index (χ3v) is 4.04. The van der Waals surface area contributed by atoms with Gasteiger partial charge in [-0.25, -0.2) is 0 Å². The van der Waals surface area contributed by atoms with E-state index >= 15 is 0 Å². The Bertz CT molecular complexity index is 712. The lowest BCUT2D eigenvalue weighted by Gasteiger charge is -2.21. The first-order chi connectivity index (χ1) is 11.5. The van der Waals surface area contributed by atoms with Crippen LogP contribution in [0.2, 0.25) is 0 Å². The average Bonchev–Trinajstić information content (AvgIpc) is 2.57. The molecule has 0 fully saturated rings. The zero-order valence-electron chi connectivity index (χ0n) is 13.7. The molecule has 2 amide bonds. The third kappa shape index (κ3) is 4.83. The molecule has 6 heteroatoms. The van der Waals surface area contributed by atoms with Crippen LogP contribution in [0.3, 0.4) is 0 Å². The van der Waals surface area contributed by atoms with Crippen LogP contribution in [0, 0.1) is 0 Å². The summed E-state index contributed by atoms with van der Waals surface area (Å²) in [6.07, 6.45) is 0. The Morgan fingerprint density at radius 1 is 0.917 bits per heavy atom. The molecule has 2 aromatic carbocycles. The van der Waals surface area contributed by atoms with Crippen LogP contribution in [0.15, 0.2) is 53.0 Å². The summed E-state index contributed by atoms with van der Waals surface area (Å²) >= 11 is 3.32. The minimum absolute atomic E-state index is 0.557. The first-order valence-corrected chi connectivity index (χ1v) is 8.55. The zero-order chi connectivity index (χ0) is 17.5. The van der Waals surface area contributed by atoms with E-state index in [1.54, 1.807) is 30.3 Å². The Hall–Kier alpha value is -2.34. The highest BCUT2D eigenvalue weighted by atomic mass is 79.9. The van der Waals surface area contributed by atoms with Gasteiger partial charge >= 0.3 is 11.8 Å². The van der Waals surface area contributed by atoms with Gasteiger partial charge in [0.15, 0.2) is 0 Å². The number of amides is 2. The van der Waals surface area contributed by atoms with Crippen LogP contribution in [0.25, 0.3) is 0 Å². The molecule has 0 aliphatic heterocycles. The third-order valence-electron chi connectivity index (χ3n) is 3.54. The maximum atomic E-state index is 12.0. The van der Waals surface area contributed by atoms with Crippen LogP contribution >= 0.6 is 15.9 Å². The topological polar surface area (TPSA) is 61.4 Å². The summed E-state index contributed by atoms with van der Waals surface area (Å²) < 4.78 is 0.827. The molecule has 5 nitrogen and oxygen atoms in total. The van der Waals surface area contributed by atoms with Crippen molar-refractivity contribution in [1.29, 1.82) is 0 Å². The van der Waals surface area contributed by atoms with Crippen LogP contribution in [-0.2, 0) is 9.59 Å². The van der Waals surface area contributed by atoms with E-state index in [9.17, 15) is 9.59 Å². The maximum absolute atomic E-state index is 12.0. The first-order valence-electron chi connectivity index (χ1n) is 7.76. The second-order valence-corrected chi connectivity index (χ2v) is 6.05. The number of carbonyl (C=O) groups excluding carboxylic acids is 2. The van der Waals surface area contributed by atoms with Gasteiger partial charge in [-0.15, -0.1) is 0 Å². The SMILES string of the molecule is CCN(CC)c1ccc(NC(=O)C(=O)Nc2cccc(Br)c2)cc1. The maximum Gasteiger partial charge on any atom is 0.314 e. The molecule has 0 bridgehead atoms. The van der Waals surface area contributed by atoms with Gasteiger partial charge in [-0.2, -0.15) is 0 Å². The van der Waals surface area contributed by atoms with Crippen molar-refractivity contribution in [2.75, 3.05) is 28.6 Å². The Labute approximate surface area is 150 Å². The van der Waals surface area contributed by atoms with Crippen molar-refractivity contribution in [1.82, 2.24) is 0 Å². The second kappa shape index (κ2) is 8.49. The smallest absolute Gasteiger partial charge is 0.314 e. The molecule has 0 saturated carbocycles. The van der Waals surface area contributed by atoms with Crippen molar-refractivity contribution in [3.63, 3.8) is 0 Å². The zero-order valence-corrected chi connectivity index (χ0v) is 15.3. The molecule has 2 rings (SSSR count). The van der Waals surface area contributed by atoms with E-state index in [1.807, 2.05) is 18.2 Å². The van der Waals surface area contributed by atoms with Gasteiger partial charge in [-0.1, -0.05) is 22.0 Å². The van der Waals surface area contributed by atoms with Gasteiger partial charge in [0.05, 0.1) is 0 Å². The van der Waals surface area contributed by atoms with Crippen molar-refractivity contribution in [3.8, 4) is 0 Å². The average molecular weight is 390 g/mol. The summed E-state index contributed by atoms with van der Waals surface area (Å²) in [4.78, 5) is 26.1. The monoisotopic (exact) mass is 389 g/mol. The lowest BCUT2D eigenvalue weighted by atomic mass is 10.2. The molecule has 0 spiro atoms. The quantitative estimate of drug-likeness (QED) is 0.762. The molecule has 0 aliphatic rings. The van der Waals surface area contributed by atoms with E-state index in [-0.39, 0.29) is 0 Å². The lowest BCUT2D eigenvalue weighted by molar-refractivity contribution is -0.132. The fourth-order valence-electron chi connectivity index (χ4n) is 2.29. The molecule has 0 saturated heterocycles. The number of nitrogens with one attached hydrogen (secondary N) is 2. The fraction of sp³-hybridized carbons (Fsp3) is 0.222. The van der Waals surface area contributed by atoms with Crippen LogP contribution in [-0.4, -0.2) is 24.9 Å². The largest absolute Gasteiger partial charge is 0.372 e. The van der Waals surface area contributed by atoms with Gasteiger partial charge < -0.3 is 15.5 Å². The van der Waals surface area contributed by atoms with Gasteiger partial charge in [-0.3, -0.25) is 9.59 Å². The second-order valence-electron chi connectivity index (χ2n) is 5.14. The van der Waals surface area contributed by atoms with E-state index in [4.69, 9.17) is 0 Å². The molecule has 0 unspecified atom stereocenters. The highest BCUT2D eigenvalue weighted by molar-refractivity contribution is 9.10. The Morgan fingerprint density at radius 3 is 2.04 bits per heavy atom. The standard InChI is InChI=1S/C18H20BrN3O2/c1-3-22(4-2)16-10-8-14(9-11-16)20-17(23)18(24)21-15-7-5-6-13(19)12-15/h5-12H,3-4H2,1-2H3,(H,20,23)(H,21,24). The van der Waals surface area contributed by atoms with Crippen molar-refractivity contribution in [2.45, 2.75) is 13.8 Å². The summed E-state index contributed by atoms with van der Waals surface area (Å²) in [5.74, 6) is -1.41. The Balaban J connectivity index is 1.97. The molecular weight excluding hydrogens is 370 g/mol. The number of hydrogen-bond acceptors (Lipinski definition) is 3. The van der Waals surface area contributed by atoms with Crippen molar-refractivity contribution in [2.24, 2.45) is 0 Å². The van der Waals surface area contributed by atoms with E-state index in [1.165, 1.54) is 0 Å². The summed E-state index contributed by atoms with van der Waals surface area (Å²) in [5.41, 5.74) is 2.22. The van der Waals surface area contributed by atoms with Crippen LogP contribution in [0.4, 0.5) is 17.1 Å². The minimum atomic E-state index is -0.707. The normalized spacial score (nSPS) is 10.1. The van der Waals surface area contributed by atoms with Gasteiger partial charge in [0, 0.05) is 34.6 Å². The lowest BCUT2D eigenvalue weighted by Crippen LogP contribution is -2.29. The molecule has 2 N–H and O–H groups in total. The van der Waals surface area contributed by atoms with E-state index in [2.05, 4.69) is 45.3 Å². The number of carbonyl (C=O) groups is 2. The molecule has 126 valence electrons. The van der Waals surface area contributed by atoms with E-state index < -0.39 is 11.8 Å². The van der Waals surface area contributed by atoms with Gasteiger partial charge in [0.25, 0.3) is 0 Å². The Morgan fingerprint density at radius 2 is 1.50 bits per heavy atom. The summed E-state index contributed by atoms with van der Waals surface area (Å²) in [7, 11) is 0. The molecule has 0 radical (unpaired) electrons. The first kappa shape index (κ1) is 18.0. The molecular formula is C18H20BrN3O2. The molecule has 24 heavy (non-hydrogen) atoms. The van der Waals surface area contributed by atoms with E-state index in [0.717, 1.165) is 23.2 Å². The van der Waals surface area contributed by atoms with Crippen LogP contribution in [0.1, 0.15) is 13.8 Å². The number of anilines is 3. The van der Waals surface area contributed by atoms with E-state index in [0.29, 0.717) is 11.4 Å². The molecule has 0 atom stereocenters. The predicted octanol–water partition coefficient (Wildman–Crippen LogP) is 3.87. The molecule has 0 heterocycles. The number of rotatable bonds is 5. The van der Waals surface area contributed by atoms with Crippen molar-refractivity contribution in [3.05, 3.63) is 53.0 Å². The number of halogens is 1. The predicted molar refractivity (Wildman–Crippen MR) is 101 cm³/mol. The molecule has 0 aromatic heterocycles. The van der Waals surface area contributed by atoms with Gasteiger partial charge in [-0.05, 0) is 56.3 Å². The number of hydrogen-bond donors (Lipinski definition) is 2.